The second-order valence-corrected chi connectivity index (χ2v) is 6.61. The van der Waals surface area contributed by atoms with Crippen molar-refractivity contribution in [3.05, 3.63) is 57.8 Å². The molecule has 2 aromatic heterocycles. The summed E-state index contributed by atoms with van der Waals surface area (Å²) in [6, 6.07) is 7.75. The fourth-order valence-electron chi connectivity index (χ4n) is 2.37. The molecule has 2 N–H and O–H groups in total. The molecule has 0 saturated heterocycles. The van der Waals surface area contributed by atoms with Crippen molar-refractivity contribution in [2.24, 2.45) is 7.05 Å². The number of rotatable bonds is 5. The van der Waals surface area contributed by atoms with Gasteiger partial charge in [-0.2, -0.15) is 0 Å². The summed E-state index contributed by atoms with van der Waals surface area (Å²) in [6.45, 7) is 2.18. The standard InChI is InChI=1S/C17H17FN4O2S/c1-10-7-13-15(20-10)16(24)22(2)17(21-13)25-9-14(23)19-8-11-3-5-12(18)6-4-11/h3-7,20H,8-9H2,1-2H3,(H,19,23). The number of H-pyrrole nitrogens is 1. The molecule has 3 aromatic rings. The molecule has 0 bridgehead atoms. The Labute approximate surface area is 147 Å². The summed E-state index contributed by atoms with van der Waals surface area (Å²) in [7, 11) is 1.63. The summed E-state index contributed by atoms with van der Waals surface area (Å²) in [4.78, 5) is 31.7. The predicted octanol–water partition coefficient (Wildman–Crippen LogP) is 2.12. The normalized spacial score (nSPS) is 11.0. The average molecular weight is 360 g/mol. The zero-order chi connectivity index (χ0) is 18.0. The third-order valence-corrected chi connectivity index (χ3v) is 4.72. The molecule has 1 aromatic carbocycles. The lowest BCUT2D eigenvalue weighted by molar-refractivity contribution is -0.118. The minimum absolute atomic E-state index is 0.135. The van der Waals surface area contributed by atoms with E-state index in [1.165, 1.54) is 28.5 Å². The Kier molecular flexibility index (Phi) is 4.89. The van der Waals surface area contributed by atoms with E-state index in [-0.39, 0.29) is 23.0 Å². The van der Waals surface area contributed by atoms with Crippen LogP contribution < -0.4 is 10.9 Å². The first-order valence-corrected chi connectivity index (χ1v) is 8.63. The monoisotopic (exact) mass is 360 g/mol. The quantitative estimate of drug-likeness (QED) is 0.540. The number of nitrogens with zero attached hydrogens (tertiary/aromatic N) is 2. The molecule has 130 valence electrons. The van der Waals surface area contributed by atoms with Crippen LogP contribution in [0.4, 0.5) is 4.39 Å². The molecule has 6 nitrogen and oxygen atoms in total. The van der Waals surface area contributed by atoms with Gasteiger partial charge in [-0.25, -0.2) is 9.37 Å². The number of benzene rings is 1. The van der Waals surface area contributed by atoms with Gasteiger partial charge in [-0.1, -0.05) is 23.9 Å². The number of nitrogens with one attached hydrogen (secondary N) is 2. The Balaban J connectivity index is 1.63. The molecule has 0 radical (unpaired) electrons. The maximum Gasteiger partial charge on any atom is 0.278 e. The Hall–Kier alpha value is -2.61. The van der Waals surface area contributed by atoms with Crippen molar-refractivity contribution >= 4 is 28.7 Å². The molecule has 0 aliphatic rings. The minimum Gasteiger partial charge on any atom is -0.353 e. The highest BCUT2D eigenvalue weighted by Crippen LogP contribution is 2.17. The van der Waals surface area contributed by atoms with Gasteiger partial charge >= 0.3 is 0 Å². The number of carbonyl (C=O) groups excluding carboxylic acids is 1. The van der Waals surface area contributed by atoms with Gasteiger partial charge < -0.3 is 10.3 Å². The molecular formula is C17H17FN4O2S. The average Bonchev–Trinajstić information content (AvgIpc) is 2.97. The van der Waals surface area contributed by atoms with Crippen LogP contribution in [0.5, 0.6) is 0 Å². The Bertz CT molecular complexity index is 979. The zero-order valence-electron chi connectivity index (χ0n) is 13.8. The van der Waals surface area contributed by atoms with Crippen molar-refractivity contribution < 1.29 is 9.18 Å². The summed E-state index contributed by atoms with van der Waals surface area (Å²) in [5.74, 6) is -0.363. The van der Waals surface area contributed by atoms with Gasteiger partial charge in [0.2, 0.25) is 5.91 Å². The number of aromatic nitrogens is 3. The molecular weight excluding hydrogens is 343 g/mol. The summed E-state index contributed by atoms with van der Waals surface area (Å²) in [5, 5.41) is 3.24. The third-order valence-electron chi connectivity index (χ3n) is 3.69. The van der Waals surface area contributed by atoms with E-state index in [9.17, 15) is 14.0 Å². The Morgan fingerprint density at radius 3 is 2.80 bits per heavy atom. The fraction of sp³-hybridized carbons (Fsp3) is 0.235. The van der Waals surface area contributed by atoms with Gasteiger partial charge in [0.05, 0.1) is 11.3 Å². The van der Waals surface area contributed by atoms with Crippen molar-refractivity contribution in [1.82, 2.24) is 19.9 Å². The van der Waals surface area contributed by atoms with E-state index in [1.807, 2.05) is 6.92 Å². The van der Waals surface area contributed by atoms with Crippen molar-refractivity contribution in [2.45, 2.75) is 18.6 Å². The Morgan fingerprint density at radius 2 is 2.08 bits per heavy atom. The molecule has 25 heavy (non-hydrogen) atoms. The second kappa shape index (κ2) is 7.10. The van der Waals surface area contributed by atoms with E-state index in [0.717, 1.165) is 11.3 Å². The van der Waals surface area contributed by atoms with Crippen LogP contribution in [0.3, 0.4) is 0 Å². The molecule has 3 rings (SSSR count). The summed E-state index contributed by atoms with van der Waals surface area (Å²) in [5.41, 5.74) is 2.56. The predicted molar refractivity (Wildman–Crippen MR) is 95.0 cm³/mol. The van der Waals surface area contributed by atoms with Crippen LogP contribution in [0.2, 0.25) is 0 Å². The number of aryl methyl sites for hydroxylation is 1. The third kappa shape index (κ3) is 3.90. The van der Waals surface area contributed by atoms with E-state index < -0.39 is 0 Å². The molecule has 0 spiro atoms. The van der Waals surface area contributed by atoms with Gasteiger partial charge in [-0.05, 0) is 30.7 Å². The van der Waals surface area contributed by atoms with Gasteiger partial charge in [-0.3, -0.25) is 14.2 Å². The summed E-state index contributed by atoms with van der Waals surface area (Å²) < 4.78 is 14.3. The lowest BCUT2D eigenvalue weighted by Crippen LogP contribution is -2.25. The van der Waals surface area contributed by atoms with Gasteiger partial charge in [0.15, 0.2) is 5.16 Å². The van der Waals surface area contributed by atoms with Gasteiger partial charge in [-0.15, -0.1) is 0 Å². The molecule has 8 heteroatoms. The van der Waals surface area contributed by atoms with E-state index in [1.54, 1.807) is 25.2 Å². The number of halogens is 1. The number of hydrogen-bond acceptors (Lipinski definition) is 4. The van der Waals surface area contributed by atoms with Crippen LogP contribution in [0.25, 0.3) is 11.0 Å². The zero-order valence-corrected chi connectivity index (χ0v) is 14.6. The number of aromatic amines is 1. The summed E-state index contributed by atoms with van der Waals surface area (Å²) >= 11 is 1.20. The number of amides is 1. The maximum absolute atomic E-state index is 12.8. The topological polar surface area (TPSA) is 79.8 Å². The van der Waals surface area contributed by atoms with Crippen LogP contribution in [0.15, 0.2) is 40.3 Å². The molecule has 0 fully saturated rings. The highest BCUT2D eigenvalue weighted by molar-refractivity contribution is 7.99. The molecule has 1 amide bonds. The highest BCUT2D eigenvalue weighted by atomic mass is 32.2. The van der Waals surface area contributed by atoms with E-state index >= 15 is 0 Å². The van der Waals surface area contributed by atoms with Gasteiger partial charge in [0.1, 0.15) is 11.3 Å². The van der Waals surface area contributed by atoms with Gasteiger partial charge in [0.25, 0.3) is 5.56 Å². The molecule has 0 saturated carbocycles. The van der Waals surface area contributed by atoms with Gasteiger partial charge in [0, 0.05) is 19.3 Å². The van der Waals surface area contributed by atoms with Crippen LogP contribution in [0.1, 0.15) is 11.3 Å². The lowest BCUT2D eigenvalue weighted by Gasteiger charge is -2.08. The molecule has 0 aliphatic carbocycles. The van der Waals surface area contributed by atoms with Crippen LogP contribution in [-0.2, 0) is 18.4 Å². The van der Waals surface area contributed by atoms with E-state index in [4.69, 9.17) is 0 Å². The molecule has 0 atom stereocenters. The van der Waals surface area contributed by atoms with E-state index in [0.29, 0.717) is 22.7 Å². The Morgan fingerprint density at radius 1 is 1.36 bits per heavy atom. The first-order chi connectivity index (χ1) is 11.9. The van der Waals surface area contributed by atoms with Crippen LogP contribution in [-0.4, -0.2) is 26.2 Å². The second-order valence-electron chi connectivity index (χ2n) is 5.66. The number of thioether (sulfide) groups is 1. The number of hydrogen-bond donors (Lipinski definition) is 2. The smallest absolute Gasteiger partial charge is 0.278 e. The minimum atomic E-state index is -0.312. The maximum atomic E-state index is 12.8. The number of fused-ring (bicyclic) bond motifs is 1. The molecule has 0 unspecified atom stereocenters. The first-order valence-electron chi connectivity index (χ1n) is 7.64. The van der Waals surface area contributed by atoms with Crippen LogP contribution >= 0.6 is 11.8 Å². The molecule has 0 aliphatic heterocycles. The van der Waals surface area contributed by atoms with E-state index in [2.05, 4.69) is 15.3 Å². The van der Waals surface area contributed by atoms with Crippen molar-refractivity contribution in [3.8, 4) is 0 Å². The lowest BCUT2D eigenvalue weighted by atomic mass is 10.2. The summed E-state index contributed by atoms with van der Waals surface area (Å²) in [6.07, 6.45) is 0. The highest BCUT2D eigenvalue weighted by Gasteiger charge is 2.12. The van der Waals surface area contributed by atoms with Crippen LogP contribution in [0, 0.1) is 12.7 Å². The SMILES string of the molecule is Cc1cc2nc(SCC(=O)NCc3ccc(F)cc3)n(C)c(=O)c2[nH]1. The largest absolute Gasteiger partial charge is 0.353 e. The fourth-order valence-corrected chi connectivity index (χ4v) is 3.17. The first kappa shape index (κ1) is 17.2. The number of carbonyl (C=O) groups is 1. The van der Waals surface area contributed by atoms with Crippen molar-refractivity contribution in [1.29, 1.82) is 0 Å². The van der Waals surface area contributed by atoms with Crippen molar-refractivity contribution in [3.63, 3.8) is 0 Å². The van der Waals surface area contributed by atoms with Crippen molar-refractivity contribution in [2.75, 3.05) is 5.75 Å². The molecule has 2 heterocycles.